The average molecular weight is 456 g/mol. The third-order valence-corrected chi connectivity index (χ3v) is 6.56. The van der Waals surface area contributed by atoms with Crippen LogP contribution < -0.4 is 10.6 Å². The minimum atomic E-state index is -0.0769. The van der Waals surface area contributed by atoms with Crippen LogP contribution in [0.3, 0.4) is 0 Å². The number of unbranched alkanes of at least 4 members (excludes halogenated alkanes) is 3. The molecule has 6 nitrogen and oxygen atoms in total. The molecule has 2 aromatic rings. The molecule has 0 spiro atoms. The number of benzene rings is 2. The minimum Gasteiger partial charge on any atom is -0.507 e. The molecule has 2 aromatic carbocycles. The van der Waals surface area contributed by atoms with Crippen molar-refractivity contribution >= 4 is 12.1 Å². The van der Waals surface area contributed by atoms with Crippen LogP contribution in [0.1, 0.15) is 58.4 Å². The van der Waals surface area contributed by atoms with Crippen molar-refractivity contribution < 1.29 is 15.0 Å². The van der Waals surface area contributed by atoms with Crippen LogP contribution >= 0.6 is 0 Å². The van der Waals surface area contributed by atoms with Gasteiger partial charge in [0.05, 0.1) is 5.56 Å². The SMILES string of the molecule is CCCCCCC(C)(C)c1cc(O)c(-c2ccc(N3CCN(C)CC3)cc2)c(O)c1.NC=O. The zero-order chi connectivity index (χ0) is 24.4. The fourth-order valence-electron chi connectivity index (χ4n) is 4.34. The van der Waals surface area contributed by atoms with Crippen molar-refractivity contribution in [2.24, 2.45) is 5.73 Å². The Morgan fingerprint density at radius 1 is 0.970 bits per heavy atom. The van der Waals surface area contributed by atoms with Crippen LogP contribution in [0.4, 0.5) is 5.69 Å². The second-order valence-corrected chi connectivity index (χ2v) is 9.56. The van der Waals surface area contributed by atoms with Crippen LogP contribution in [0.5, 0.6) is 11.5 Å². The highest BCUT2D eigenvalue weighted by Crippen LogP contribution is 2.42. The largest absolute Gasteiger partial charge is 0.507 e. The zero-order valence-electron chi connectivity index (χ0n) is 20.7. The van der Waals surface area contributed by atoms with E-state index in [0.29, 0.717) is 5.56 Å². The number of aromatic hydroxyl groups is 2. The number of primary amides is 1. The van der Waals surface area contributed by atoms with Gasteiger partial charge in [0.15, 0.2) is 0 Å². The Labute approximate surface area is 199 Å². The van der Waals surface area contributed by atoms with Gasteiger partial charge in [0.25, 0.3) is 0 Å². The van der Waals surface area contributed by atoms with E-state index in [1.54, 1.807) is 0 Å². The first-order valence-electron chi connectivity index (χ1n) is 12.0. The van der Waals surface area contributed by atoms with Crippen LogP contribution in [-0.4, -0.2) is 54.7 Å². The highest BCUT2D eigenvalue weighted by atomic mass is 16.3. The van der Waals surface area contributed by atoms with Crippen molar-refractivity contribution in [2.45, 2.75) is 58.3 Å². The first kappa shape index (κ1) is 26.5. The molecule has 1 amide bonds. The maximum Gasteiger partial charge on any atom is 0.204 e. The number of nitrogens with zero attached hydrogens (tertiary/aromatic N) is 2. The summed E-state index contributed by atoms with van der Waals surface area (Å²) in [5.74, 6) is 0.304. The van der Waals surface area contributed by atoms with Gasteiger partial charge in [-0.3, -0.25) is 4.79 Å². The maximum atomic E-state index is 10.8. The van der Waals surface area contributed by atoms with Gasteiger partial charge in [-0.1, -0.05) is 58.6 Å². The quantitative estimate of drug-likeness (QED) is 0.390. The van der Waals surface area contributed by atoms with Gasteiger partial charge < -0.3 is 25.7 Å². The molecule has 182 valence electrons. The standard InChI is InChI=1S/C26H38N2O2.CH3NO/c1-5-6-7-8-13-26(2,3)21-18-23(29)25(24(30)19-21)20-9-11-22(12-10-20)28-16-14-27(4)15-17-28;2-1-3/h9-12,18-19,29-30H,5-8,13-17H2,1-4H3;1H,(H2,2,3). The third-order valence-electron chi connectivity index (χ3n) is 6.56. The van der Waals surface area contributed by atoms with Gasteiger partial charge in [-0.25, -0.2) is 0 Å². The lowest BCUT2D eigenvalue weighted by atomic mass is 9.79. The van der Waals surface area contributed by atoms with E-state index in [0.717, 1.165) is 50.1 Å². The van der Waals surface area contributed by atoms with Gasteiger partial charge in [0.2, 0.25) is 6.41 Å². The molecule has 0 bridgehead atoms. The summed E-state index contributed by atoms with van der Waals surface area (Å²) in [5.41, 5.74) is 7.63. The average Bonchev–Trinajstić information content (AvgIpc) is 2.78. The number of piperazine rings is 1. The highest BCUT2D eigenvalue weighted by Gasteiger charge is 2.24. The second-order valence-electron chi connectivity index (χ2n) is 9.56. The molecule has 1 aliphatic rings. The van der Waals surface area contributed by atoms with E-state index in [4.69, 9.17) is 4.79 Å². The summed E-state index contributed by atoms with van der Waals surface area (Å²) in [4.78, 5) is 13.3. The van der Waals surface area contributed by atoms with E-state index in [9.17, 15) is 10.2 Å². The molecule has 0 aliphatic carbocycles. The molecule has 0 radical (unpaired) electrons. The fourth-order valence-corrected chi connectivity index (χ4v) is 4.34. The second kappa shape index (κ2) is 12.5. The molecule has 6 heteroatoms. The third kappa shape index (κ3) is 7.39. The monoisotopic (exact) mass is 455 g/mol. The predicted octanol–water partition coefficient (Wildman–Crippen LogP) is 4.87. The minimum absolute atomic E-state index is 0.0769. The Bertz CT molecular complexity index is 850. The van der Waals surface area contributed by atoms with Crippen molar-refractivity contribution in [1.29, 1.82) is 0 Å². The molecular weight excluding hydrogens is 414 g/mol. The van der Waals surface area contributed by atoms with Crippen molar-refractivity contribution in [3.8, 4) is 22.6 Å². The summed E-state index contributed by atoms with van der Waals surface area (Å²) in [5, 5.41) is 21.5. The normalized spacial score (nSPS) is 14.5. The number of phenolic OH excluding ortho intramolecular Hbond substituents is 2. The van der Waals surface area contributed by atoms with Crippen molar-refractivity contribution in [3.63, 3.8) is 0 Å². The topological polar surface area (TPSA) is 90.0 Å². The number of phenols is 2. The maximum absolute atomic E-state index is 10.8. The number of carbonyl (C=O) groups is 1. The van der Waals surface area contributed by atoms with E-state index < -0.39 is 0 Å². The van der Waals surface area contributed by atoms with E-state index >= 15 is 0 Å². The summed E-state index contributed by atoms with van der Waals surface area (Å²) in [7, 11) is 2.15. The molecule has 4 N–H and O–H groups in total. The number of carbonyl (C=O) groups excluding carboxylic acids is 1. The summed E-state index contributed by atoms with van der Waals surface area (Å²) in [6, 6.07) is 11.8. The lowest BCUT2D eigenvalue weighted by Gasteiger charge is -2.34. The number of anilines is 1. The van der Waals surface area contributed by atoms with Crippen LogP contribution in [0, 0.1) is 0 Å². The Morgan fingerprint density at radius 2 is 1.52 bits per heavy atom. The molecule has 33 heavy (non-hydrogen) atoms. The molecule has 1 fully saturated rings. The summed E-state index contributed by atoms with van der Waals surface area (Å²) in [6.07, 6.45) is 6.18. The first-order chi connectivity index (χ1) is 15.7. The number of rotatable bonds is 8. The van der Waals surface area contributed by atoms with Crippen LogP contribution in [0.2, 0.25) is 0 Å². The number of hydrogen-bond donors (Lipinski definition) is 3. The first-order valence-corrected chi connectivity index (χ1v) is 12.0. The predicted molar refractivity (Wildman–Crippen MR) is 137 cm³/mol. The van der Waals surface area contributed by atoms with Crippen LogP contribution in [-0.2, 0) is 10.2 Å². The molecule has 0 saturated carbocycles. The molecule has 0 atom stereocenters. The van der Waals surface area contributed by atoms with Gasteiger partial charge >= 0.3 is 0 Å². The van der Waals surface area contributed by atoms with Crippen LogP contribution in [0.15, 0.2) is 36.4 Å². The van der Waals surface area contributed by atoms with Gasteiger partial charge in [-0.05, 0) is 54.3 Å². The lowest BCUT2D eigenvalue weighted by molar-refractivity contribution is -0.106. The van der Waals surface area contributed by atoms with E-state index in [1.165, 1.54) is 24.9 Å². The van der Waals surface area contributed by atoms with Gasteiger partial charge in [0, 0.05) is 31.9 Å². The zero-order valence-corrected chi connectivity index (χ0v) is 20.7. The number of amides is 1. The van der Waals surface area contributed by atoms with E-state index in [1.807, 2.05) is 24.3 Å². The summed E-state index contributed by atoms with van der Waals surface area (Å²) >= 11 is 0. The Balaban J connectivity index is 0.00000122. The molecular formula is C27H41N3O3. The Kier molecular flexibility index (Phi) is 10.0. The summed E-state index contributed by atoms with van der Waals surface area (Å²) < 4.78 is 0. The fraction of sp³-hybridized carbons (Fsp3) is 0.519. The van der Waals surface area contributed by atoms with Gasteiger partial charge in [-0.2, -0.15) is 0 Å². The molecule has 1 aliphatic heterocycles. The number of likely N-dealkylation sites (N-methyl/N-ethyl adjacent to an activating group) is 1. The number of nitrogens with two attached hydrogens (primary N) is 1. The van der Waals surface area contributed by atoms with Gasteiger partial charge in [-0.15, -0.1) is 0 Å². The van der Waals surface area contributed by atoms with Crippen molar-refractivity contribution in [3.05, 3.63) is 42.0 Å². The lowest BCUT2D eigenvalue weighted by Crippen LogP contribution is -2.44. The van der Waals surface area contributed by atoms with Crippen molar-refractivity contribution in [1.82, 2.24) is 4.90 Å². The van der Waals surface area contributed by atoms with Crippen molar-refractivity contribution in [2.75, 3.05) is 38.1 Å². The smallest absolute Gasteiger partial charge is 0.204 e. The summed E-state index contributed by atoms with van der Waals surface area (Å²) in [6.45, 7) is 10.8. The Hall–Kier alpha value is -2.73. The molecule has 1 saturated heterocycles. The number of hydrogen-bond acceptors (Lipinski definition) is 5. The van der Waals surface area contributed by atoms with Gasteiger partial charge in [0.1, 0.15) is 11.5 Å². The van der Waals surface area contributed by atoms with Crippen LogP contribution in [0.25, 0.3) is 11.1 Å². The molecule has 0 unspecified atom stereocenters. The Morgan fingerprint density at radius 3 is 2.03 bits per heavy atom. The van der Waals surface area contributed by atoms with E-state index in [-0.39, 0.29) is 23.3 Å². The van der Waals surface area contributed by atoms with E-state index in [2.05, 4.69) is 55.5 Å². The molecule has 0 aromatic heterocycles. The molecule has 1 heterocycles. The molecule has 3 rings (SSSR count). The highest BCUT2D eigenvalue weighted by molar-refractivity contribution is 5.78.